The fourth-order valence-corrected chi connectivity index (χ4v) is 5.18. The maximum Gasteiger partial charge on any atom is 0.254 e. The van der Waals surface area contributed by atoms with Crippen LogP contribution in [0.5, 0.6) is 0 Å². The molecule has 2 aromatic heterocycles. The molecule has 0 bridgehead atoms. The maximum atomic E-state index is 12.5. The van der Waals surface area contributed by atoms with E-state index in [0.717, 1.165) is 43.0 Å². The van der Waals surface area contributed by atoms with Gasteiger partial charge in [-0.3, -0.25) is 4.79 Å². The fraction of sp³-hybridized carbons (Fsp3) is 0.438. The molecule has 6 nitrogen and oxygen atoms in total. The van der Waals surface area contributed by atoms with Crippen LogP contribution in [0, 0.1) is 0 Å². The third-order valence-electron chi connectivity index (χ3n) is 3.92. The summed E-state index contributed by atoms with van der Waals surface area (Å²) in [5, 5.41) is 1.62. The molecule has 24 heavy (non-hydrogen) atoms. The van der Waals surface area contributed by atoms with E-state index in [-0.39, 0.29) is 16.2 Å². The van der Waals surface area contributed by atoms with Crippen LogP contribution in [0.1, 0.15) is 35.9 Å². The van der Waals surface area contributed by atoms with Gasteiger partial charge in [0.1, 0.15) is 9.97 Å². The molecule has 1 fully saturated rings. The Balaban J connectivity index is 1.67. The van der Waals surface area contributed by atoms with Crippen molar-refractivity contribution in [1.29, 1.82) is 0 Å². The van der Waals surface area contributed by atoms with Gasteiger partial charge in [-0.15, -0.1) is 11.3 Å². The average Bonchev–Trinajstić information content (AvgIpc) is 3.28. The van der Waals surface area contributed by atoms with E-state index in [1.165, 1.54) is 6.07 Å². The van der Waals surface area contributed by atoms with Crippen LogP contribution in [0.2, 0.25) is 0 Å². The predicted molar refractivity (Wildman–Crippen MR) is 91.7 cm³/mol. The van der Waals surface area contributed by atoms with Crippen molar-refractivity contribution in [3.63, 3.8) is 0 Å². The standard InChI is InChI=1S/C16H20N2O4S2/c1-12(9-14-5-4-8-22-14)17-24(20,21)15-10-13(11-23-15)16(19)18-6-2-3-7-18/h4-5,8,10-12,17H,2-3,6-7,9H2,1H3. The lowest BCUT2D eigenvalue weighted by Gasteiger charge is -2.13. The highest BCUT2D eigenvalue weighted by atomic mass is 32.2. The zero-order chi connectivity index (χ0) is 17.2. The monoisotopic (exact) mass is 368 g/mol. The highest BCUT2D eigenvalue weighted by Gasteiger charge is 2.25. The molecule has 1 amide bonds. The summed E-state index contributed by atoms with van der Waals surface area (Å²) < 4.78 is 33.0. The molecule has 130 valence electrons. The summed E-state index contributed by atoms with van der Waals surface area (Å²) in [5.74, 6) is 0.634. The SMILES string of the molecule is CC(Cc1ccco1)NS(=O)(=O)c1cc(C(=O)N2CCCC2)cs1. The highest BCUT2D eigenvalue weighted by molar-refractivity contribution is 7.91. The van der Waals surface area contributed by atoms with Crippen LogP contribution in [0.4, 0.5) is 0 Å². The van der Waals surface area contributed by atoms with Crippen molar-refractivity contribution in [3.8, 4) is 0 Å². The molecule has 3 heterocycles. The molecule has 8 heteroatoms. The van der Waals surface area contributed by atoms with Crippen LogP contribution in [-0.4, -0.2) is 38.4 Å². The summed E-state index contributed by atoms with van der Waals surface area (Å²) in [6.07, 6.45) is 4.04. The Labute approximate surface area is 145 Å². The molecule has 0 saturated carbocycles. The Bertz CT molecular complexity index is 790. The van der Waals surface area contributed by atoms with Crippen LogP contribution >= 0.6 is 11.3 Å². The van der Waals surface area contributed by atoms with Crippen molar-refractivity contribution in [1.82, 2.24) is 9.62 Å². The summed E-state index contributed by atoms with van der Waals surface area (Å²) in [6, 6.07) is 4.74. The lowest BCUT2D eigenvalue weighted by atomic mass is 10.2. The second-order valence-corrected chi connectivity index (χ2v) is 8.81. The van der Waals surface area contributed by atoms with Crippen LogP contribution in [0.15, 0.2) is 38.5 Å². The number of hydrogen-bond acceptors (Lipinski definition) is 5. The summed E-state index contributed by atoms with van der Waals surface area (Å²) >= 11 is 1.07. The Morgan fingerprint density at radius 3 is 2.83 bits per heavy atom. The summed E-state index contributed by atoms with van der Waals surface area (Å²) in [5.41, 5.74) is 0.445. The first-order valence-corrected chi connectivity index (χ1v) is 10.2. The van der Waals surface area contributed by atoms with Gasteiger partial charge in [-0.05, 0) is 38.0 Å². The molecule has 1 saturated heterocycles. The smallest absolute Gasteiger partial charge is 0.254 e. The van der Waals surface area contributed by atoms with Gasteiger partial charge in [0.05, 0.1) is 11.8 Å². The molecular formula is C16H20N2O4S2. The van der Waals surface area contributed by atoms with E-state index >= 15 is 0 Å². The van der Waals surface area contributed by atoms with E-state index < -0.39 is 10.0 Å². The Morgan fingerprint density at radius 1 is 1.42 bits per heavy atom. The lowest BCUT2D eigenvalue weighted by molar-refractivity contribution is 0.0793. The van der Waals surface area contributed by atoms with Gasteiger partial charge in [-0.1, -0.05) is 0 Å². The first-order chi connectivity index (χ1) is 11.5. The third kappa shape index (κ3) is 3.88. The number of thiophene rings is 1. The minimum absolute atomic E-state index is 0.0890. The molecule has 3 rings (SSSR count). The molecule has 1 atom stereocenters. The minimum Gasteiger partial charge on any atom is -0.469 e. The van der Waals surface area contributed by atoms with Crippen molar-refractivity contribution >= 4 is 27.3 Å². The molecule has 0 spiro atoms. The van der Waals surface area contributed by atoms with Crippen molar-refractivity contribution in [2.24, 2.45) is 0 Å². The van der Waals surface area contributed by atoms with Crippen molar-refractivity contribution < 1.29 is 17.6 Å². The number of nitrogens with zero attached hydrogens (tertiary/aromatic N) is 1. The molecule has 0 aromatic carbocycles. The summed E-state index contributed by atoms with van der Waals surface area (Å²) in [7, 11) is -3.64. The van der Waals surface area contributed by atoms with Crippen LogP contribution in [0.25, 0.3) is 0 Å². The van der Waals surface area contributed by atoms with E-state index in [1.807, 2.05) is 6.07 Å². The molecule has 2 aromatic rings. The number of sulfonamides is 1. The average molecular weight is 368 g/mol. The minimum atomic E-state index is -3.64. The third-order valence-corrected chi connectivity index (χ3v) is 6.95. The normalized spacial score (nSPS) is 16.5. The fourth-order valence-electron chi connectivity index (χ4n) is 2.77. The molecule has 1 aliphatic heterocycles. The molecule has 0 radical (unpaired) electrons. The van der Waals surface area contributed by atoms with Gasteiger partial charge in [-0.25, -0.2) is 13.1 Å². The number of furan rings is 1. The first kappa shape index (κ1) is 17.2. The zero-order valence-corrected chi connectivity index (χ0v) is 15.0. The van der Waals surface area contributed by atoms with Crippen molar-refractivity contribution in [3.05, 3.63) is 41.2 Å². The molecule has 1 N–H and O–H groups in total. The van der Waals surface area contributed by atoms with Gasteiger partial charge < -0.3 is 9.32 Å². The first-order valence-electron chi connectivity index (χ1n) is 7.88. The van der Waals surface area contributed by atoms with Crippen LogP contribution in [-0.2, 0) is 16.4 Å². The van der Waals surface area contributed by atoms with Crippen LogP contribution < -0.4 is 4.72 Å². The number of likely N-dealkylation sites (tertiary alicyclic amines) is 1. The van der Waals surface area contributed by atoms with E-state index in [9.17, 15) is 13.2 Å². The van der Waals surface area contributed by atoms with Gasteiger partial charge in [0.15, 0.2) is 0 Å². The quantitative estimate of drug-likeness (QED) is 0.849. The van der Waals surface area contributed by atoms with Gasteiger partial charge in [-0.2, -0.15) is 0 Å². The van der Waals surface area contributed by atoms with Gasteiger partial charge >= 0.3 is 0 Å². The largest absolute Gasteiger partial charge is 0.469 e. The number of carbonyl (C=O) groups excluding carboxylic acids is 1. The second-order valence-electron chi connectivity index (χ2n) is 5.96. The molecule has 1 aliphatic rings. The summed E-state index contributed by atoms with van der Waals surface area (Å²) in [6.45, 7) is 3.27. The Kier molecular flexibility index (Phi) is 5.07. The second kappa shape index (κ2) is 7.08. The highest BCUT2D eigenvalue weighted by Crippen LogP contribution is 2.23. The zero-order valence-electron chi connectivity index (χ0n) is 13.4. The van der Waals surface area contributed by atoms with Crippen LogP contribution in [0.3, 0.4) is 0 Å². The van der Waals surface area contributed by atoms with Gasteiger partial charge in [0.2, 0.25) is 10.0 Å². The predicted octanol–water partition coefficient (Wildman–Crippen LogP) is 2.49. The number of amides is 1. The van der Waals surface area contributed by atoms with Crippen molar-refractivity contribution in [2.45, 2.75) is 36.4 Å². The topological polar surface area (TPSA) is 79.6 Å². The van der Waals surface area contributed by atoms with Gasteiger partial charge in [0.25, 0.3) is 5.91 Å². The van der Waals surface area contributed by atoms with E-state index in [4.69, 9.17) is 4.42 Å². The maximum absolute atomic E-state index is 12.5. The Morgan fingerprint density at radius 2 is 2.17 bits per heavy atom. The number of nitrogens with one attached hydrogen (secondary N) is 1. The Hall–Kier alpha value is -1.64. The van der Waals surface area contributed by atoms with Crippen molar-refractivity contribution in [2.75, 3.05) is 13.1 Å². The summed E-state index contributed by atoms with van der Waals surface area (Å²) in [4.78, 5) is 14.1. The molecular weight excluding hydrogens is 348 g/mol. The molecule has 0 aliphatic carbocycles. The number of carbonyl (C=O) groups is 1. The van der Waals surface area contributed by atoms with E-state index in [0.29, 0.717) is 12.0 Å². The number of rotatable bonds is 6. The lowest BCUT2D eigenvalue weighted by Crippen LogP contribution is -2.33. The molecule has 1 unspecified atom stereocenters. The van der Waals surface area contributed by atoms with E-state index in [2.05, 4.69) is 4.72 Å². The number of hydrogen-bond donors (Lipinski definition) is 1. The van der Waals surface area contributed by atoms with Gasteiger partial charge in [0, 0.05) is 30.9 Å². The van der Waals surface area contributed by atoms with E-state index in [1.54, 1.807) is 29.5 Å².